The number of ketones is 1. The van der Waals surface area contributed by atoms with Crippen LogP contribution in [-0.2, 0) is 16.0 Å². The molecule has 2 nitrogen and oxygen atoms in total. The number of carbonyl (C=O) groups excluding carboxylic acids is 1. The van der Waals surface area contributed by atoms with Crippen LogP contribution in [0.5, 0.6) is 0 Å². The fourth-order valence-corrected chi connectivity index (χ4v) is 2.19. The van der Waals surface area contributed by atoms with Crippen molar-refractivity contribution >= 4 is 5.78 Å². The minimum atomic E-state index is -0.538. The summed E-state index contributed by atoms with van der Waals surface area (Å²) in [4.78, 5) is 12.1. The third-order valence-electron chi connectivity index (χ3n) is 3.26. The van der Waals surface area contributed by atoms with E-state index in [0.717, 1.165) is 25.0 Å². The van der Waals surface area contributed by atoms with E-state index >= 15 is 0 Å². The van der Waals surface area contributed by atoms with Gasteiger partial charge in [-0.25, -0.2) is 0 Å². The maximum atomic E-state index is 12.1. The Morgan fingerprint density at radius 1 is 1.50 bits per heavy atom. The highest BCUT2D eigenvalue weighted by atomic mass is 16.5. The molecule has 16 heavy (non-hydrogen) atoms. The van der Waals surface area contributed by atoms with Crippen molar-refractivity contribution in [3.8, 4) is 0 Å². The number of hydrogen-bond donors (Lipinski definition) is 0. The Hall–Kier alpha value is -1.15. The highest BCUT2D eigenvalue weighted by molar-refractivity contribution is 5.89. The highest BCUT2D eigenvalue weighted by Crippen LogP contribution is 2.27. The van der Waals surface area contributed by atoms with Crippen molar-refractivity contribution in [2.24, 2.45) is 0 Å². The van der Waals surface area contributed by atoms with Crippen LogP contribution in [-0.4, -0.2) is 18.0 Å². The molecule has 86 valence electrons. The summed E-state index contributed by atoms with van der Waals surface area (Å²) >= 11 is 0. The minimum absolute atomic E-state index is 0.204. The number of Topliss-reactive ketones (excluding diaryl/α,β-unsaturated/α-hetero) is 1. The fraction of sp³-hybridized carbons (Fsp3) is 0.500. The van der Waals surface area contributed by atoms with Gasteiger partial charge >= 0.3 is 0 Å². The number of benzene rings is 1. The van der Waals surface area contributed by atoms with Crippen molar-refractivity contribution in [1.29, 1.82) is 0 Å². The Morgan fingerprint density at radius 2 is 2.31 bits per heavy atom. The van der Waals surface area contributed by atoms with Crippen LogP contribution in [0.4, 0.5) is 0 Å². The van der Waals surface area contributed by atoms with Crippen LogP contribution in [0.3, 0.4) is 0 Å². The molecule has 1 aromatic carbocycles. The molecule has 2 heteroatoms. The molecular formula is C14H18O2. The molecule has 1 aliphatic rings. The zero-order valence-electron chi connectivity index (χ0n) is 9.95. The first-order valence-corrected chi connectivity index (χ1v) is 5.83. The number of aryl methyl sites for hydroxylation is 1. The van der Waals surface area contributed by atoms with Crippen molar-refractivity contribution in [3.63, 3.8) is 0 Å². The molecule has 1 saturated heterocycles. The molecule has 0 amide bonds. The summed E-state index contributed by atoms with van der Waals surface area (Å²) in [6, 6.07) is 8.11. The summed E-state index contributed by atoms with van der Waals surface area (Å²) in [6.45, 7) is 4.68. The van der Waals surface area contributed by atoms with Gasteiger partial charge in [-0.3, -0.25) is 4.79 Å². The Kier molecular flexibility index (Phi) is 3.10. The predicted octanol–water partition coefficient (Wildman–Crippen LogP) is 2.68. The molecule has 1 unspecified atom stereocenters. The third-order valence-corrected chi connectivity index (χ3v) is 3.26. The molecule has 0 spiro atoms. The van der Waals surface area contributed by atoms with Gasteiger partial charge in [0.05, 0.1) is 0 Å². The van der Waals surface area contributed by atoms with Gasteiger partial charge in [0.2, 0.25) is 0 Å². The monoisotopic (exact) mass is 218 g/mol. The summed E-state index contributed by atoms with van der Waals surface area (Å²) in [6.07, 6.45) is 2.34. The average Bonchev–Trinajstić information content (AvgIpc) is 2.66. The molecule has 0 aromatic heterocycles. The Balaban J connectivity index is 2.07. The van der Waals surface area contributed by atoms with Gasteiger partial charge in [-0.1, -0.05) is 29.8 Å². The molecule has 1 fully saturated rings. The summed E-state index contributed by atoms with van der Waals surface area (Å²) in [5.41, 5.74) is 1.74. The van der Waals surface area contributed by atoms with Crippen LogP contribution in [0, 0.1) is 6.92 Å². The number of hydrogen-bond acceptors (Lipinski definition) is 2. The van der Waals surface area contributed by atoms with Gasteiger partial charge in [0.15, 0.2) is 5.78 Å². The minimum Gasteiger partial charge on any atom is -0.367 e. The van der Waals surface area contributed by atoms with Gasteiger partial charge in [0, 0.05) is 13.0 Å². The van der Waals surface area contributed by atoms with Crippen LogP contribution < -0.4 is 0 Å². The SMILES string of the molecule is Cc1cccc(CC(=O)C2(C)CCCO2)c1. The summed E-state index contributed by atoms with van der Waals surface area (Å²) in [7, 11) is 0. The van der Waals surface area contributed by atoms with Gasteiger partial charge < -0.3 is 4.74 Å². The van der Waals surface area contributed by atoms with E-state index in [4.69, 9.17) is 4.74 Å². The van der Waals surface area contributed by atoms with Crippen molar-refractivity contribution < 1.29 is 9.53 Å². The van der Waals surface area contributed by atoms with Crippen LogP contribution in [0.2, 0.25) is 0 Å². The Morgan fingerprint density at radius 3 is 2.94 bits per heavy atom. The molecule has 0 N–H and O–H groups in total. The second kappa shape index (κ2) is 4.38. The fourth-order valence-electron chi connectivity index (χ4n) is 2.19. The molecule has 0 radical (unpaired) electrons. The summed E-state index contributed by atoms with van der Waals surface area (Å²) < 4.78 is 5.56. The van der Waals surface area contributed by atoms with Crippen LogP contribution in [0.15, 0.2) is 24.3 Å². The molecule has 0 saturated carbocycles. The largest absolute Gasteiger partial charge is 0.367 e. The van der Waals surface area contributed by atoms with E-state index in [1.807, 2.05) is 32.0 Å². The van der Waals surface area contributed by atoms with E-state index in [2.05, 4.69) is 6.07 Å². The molecule has 2 rings (SSSR count). The van der Waals surface area contributed by atoms with Crippen molar-refractivity contribution in [2.75, 3.05) is 6.61 Å². The van der Waals surface area contributed by atoms with Gasteiger partial charge in [-0.15, -0.1) is 0 Å². The van der Waals surface area contributed by atoms with E-state index in [9.17, 15) is 4.79 Å². The van der Waals surface area contributed by atoms with E-state index in [1.54, 1.807) is 0 Å². The average molecular weight is 218 g/mol. The smallest absolute Gasteiger partial charge is 0.168 e. The van der Waals surface area contributed by atoms with Gasteiger partial charge in [-0.2, -0.15) is 0 Å². The second-order valence-electron chi connectivity index (χ2n) is 4.77. The molecule has 1 heterocycles. The first-order valence-electron chi connectivity index (χ1n) is 5.83. The normalized spacial score (nSPS) is 24.6. The van der Waals surface area contributed by atoms with E-state index in [1.165, 1.54) is 5.56 Å². The maximum Gasteiger partial charge on any atom is 0.168 e. The van der Waals surface area contributed by atoms with Crippen LogP contribution in [0.25, 0.3) is 0 Å². The quantitative estimate of drug-likeness (QED) is 0.779. The number of ether oxygens (including phenoxy) is 1. The summed E-state index contributed by atoms with van der Waals surface area (Å²) in [5.74, 6) is 0.204. The zero-order chi connectivity index (χ0) is 11.6. The molecule has 1 atom stereocenters. The Bertz CT molecular complexity index is 389. The van der Waals surface area contributed by atoms with Crippen LogP contribution in [0.1, 0.15) is 30.9 Å². The highest BCUT2D eigenvalue weighted by Gasteiger charge is 2.36. The van der Waals surface area contributed by atoms with Gasteiger partial charge in [0.1, 0.15) is 5.60 Å². The van der Waals surface area contributed by atoms with Crippen molar-refractivity contribution in [1.82, 2.24) is 0 Å². The predicted molar refractivity (Wildman–Crippen MR) is 63.5 cm³/mol. The van der Waals surface area contributed by atoms with E-state index < -0.39 is 5.60 Å². The topological polar surface area (TPSA) is 26.3 Å². The first kappa shape index (κ1) is 11.3. The lowest BCUT2D eigenvalue weighted by atomic mass is 9.92. The molecule has 0 aliphatic carbocycles. The number of rotatable bonds is 3. The molecule has 1 aromatic rings. The van der Waals surface area contributed by atoms with E-state index in [0.29, 0.717) is 6.42 Å². The van der Waals surface area contributed by atoms with Crippen molar-refractivity contribution in [3.05, 3.63) is 35.4 Å². The zero-order valence-corrected chi connectivity index (χ0v) is 9.95. The molecule has 0 bridgehead atoms. The number of carbonyl (C=O) groups is 1. The van der Waals surface area contributed by atoms with Crippen molar-refractivity contribution in [2.45, 2.75) is 38.7 Å². The molecule has 1 aliphatic heterocycles. The third kappa shape index (κ3) is 2.33. The van der Waals surface area contributed by atoms with Crippen LogP contribution >= 0.6 is 0 Å². The van der Waals surface area contributed by atoms with Gasteiger partial charge in [0.25, 0.3) is 0 Å². The van der Waals surface area contributed by atoms with E-state index in [-0.39, 0.29) is 5.78 Å². The van der Waals surface area contributed by atoms with Gasteiger partial charge in [-0.05, 0) is 32.3 Å². The lowest BCUT2D eigenvalue weighted by molar-refractivity contribution is -0.136. The first-order chi connectivity index (χ1) is 7.60. The lowest BCUT2D eigenvalue weighted by Gasteiger charge is -2.21. The molecular weight excluding hydrogens is 200 g/mol. The maximum absolute atomic E-state index is 12.1. The summed E-state index contributed by atoms with van der Waals surface area (Å²) in [5, 5.41) is 0. The lowest BCUT2D eigenvalue weighted by Crippen LogP contribution is -2.35. The standard InChI is InChI=1S/C14H18O2/c1-11-5-3-6-12(9-11)10-13(15)14(2)7-4-8-16-14/h3,5-6,9H,4,7-8,10H2,1-2H3. The second-order valence-corrected chi connectivity index (χ2v) is 4.77. The Labute approximate surface area is 96.6 Å².